The van der Waals surface area contributed by atoms with E-state index >= 15 is 0 Å². The minimum Gasteiger partial charge on any atom is -0.383 e. The Labute approximate surface area is 243 Å². The van der Waals surface area contributed by atoms with Crippen molar-refractivity contribution in [1.82, 2.24) is 10.3 Å². The van der Waals surface area contributed by atoms with Crippen LogP contribution >= 0.6 is 11.6 Å². The maximum atomic E-state index is 14.5. The van der Waals surface area contributed by atoms with E-state index in [9.17, 15) is 37.9 Å². The molecule has 2 aliphatic rings. The predicted octanol–water partition coefficient (Wildman–Crippen LogP) is 3.90. The second-order valence-electron chi connectivity index (χ2n) is 10.1. The lowest BCUT2D eigenvalue weighted by molar-refractivity contribution is -0.133. The highest BCUT2D eigenvalue weighted by Crippen LogP contribution is 2.40. The molecule has 0 bridgehead atoms. The molecule has 1 unspecified atom stereocenters. The molecule has 1 aromatic heterocycles. The number of alkyl halides is 2. The number of aromatic nitrogens is 1. The monoisotopic (exact) mass is 597 g/mol. The van der Waals surface area contributed by atoms with Gasteiger partial charge in [-0.05, 0) is 36.4 Å². The minimum absolute atomic E-state index is 0.0635. The molecule has 2 fully saturated rings. The van der Waals surface area contributed by atoms with E-state index in [0.717, 1.165) is 21.9 Å². The van der Waals surface area contributed by atoms with Crippen molar-refractivity contribution in [2.24, 2.45) is 0 Å². The summed E-state index contributed by atoms with van der Waals surface area (Å²) < 4.78 is 41.7. The predicted molar refractivity (Wildman–Crippen MR) is 145 cm³/mol. The molecule has 9 nitrogen and oxygen atoms in total. The number of nitrogens with one attached hydrogen (secondary N) is 1. The quantitative estimate of drug-likeness (QED) is 0.425. The molecule has 3 atom stereocenters. The van der Waals surface area contributed by atoms with E-state index in [0.29, 0.717) is 0 Å². The maximum Gasteiger partial charge on any atom is 0.257 e. The average molecular weight is 598 g/mol. The lowest BCUT2D eigenvalue weighted by Gasteiger charge is -2.39. The Morgan fingerprint density at radius 1 is 1.17 bits per heavy atom. The summed E-state index contributed by atoms with van der Waals surface area (Å²) in [5.41, 5.74) is 0.154. The highest BCUT2D eigenvalue weighted by molar-refractivity contribution is 6.31. The van der Waals surface area contributed by atoms with Gasteiger partial charge in [0.25, 0.3) is 17.7 Å². The van der Waals surface area contributed by atoms with Gasteiger partial charge in [0.1, 0.15) is 29.8 Å². The largest absolute Gasteiger partial charge is 0.383 e. The van der Waals surface area contributed by atoms with Gasteiger partial charge in [0.2, 0.25) is 5.91 Å². The number of aliphatic hydroxyl groups is 1. The van der Waals surface area contributed by atoms with Gasteiger partial charge in [0.15, 0.2) is 0 Å². The summed E-state index contributed by atoms with van der Waals surface area (Å²) in [5, 5.41) is 22.4. The van der Waals surface area contributed by atoms with Crippen LogP contribution in [0.5, 0.6) is 0 Å². The molecule has 42 heavy (non-hydrogen) atoms. The topological polar surface area (TPSA) is 127 Å². The zero-order valence-corrected chi connectivity index (χ0v) is 22.5. The van der Waals surface area contributed by atoms with Crippen LogP contribution in [0.3, 0.4) is 0 Å². The molecule has 2 aromatic carbocycles. The third-order valence-corrected chi connectivity index (χ3v) is 7.50. The van der Waals surface area contributed by atoms with Gasteiger partial charge in [-0.25, -0.2) is 18.2 Å². The molecule has 1 aliphatic carbocycles. The number of amides is 3. The fourth-order valence-electron chi connectivity index (χ4n) is 5.16. The third kappa shape index (κ3) is 5.66. The van der Waals surface area contributed by atoms with Crippen LogP contribution in [0, 0.1) is 17.1 Å². The molecule has 2 N–H and O–H groups in total. The van der Waals surface area contributed by atoms with Crippen LogP contribution in [0.1, 0.15) is 36.4 Å². The first-order chi connectivity index (χ1) is 20.0. The lowest BCUT2D eigenvalue weighted by atomic mass is 9.87. The Morgan fingerprint density at radius 2 is 1.90 bits per heavy atom. The van der Waals surface area contributed by atoms with Gasteiger partial charge < -0.3 is 10.4 Å². The van der Waals surface area contributed by atoms with Gasteiger partial charge in [-0.15, -0.1) is 0 Å². The van der Waals surface area contributed by atoms with Crippen LogP contribution in [-0.4, -0.2) is 51.9 Å². The molecule has 1 aliphatic heterocycles. The fraction of sp³-hybridized carbons (Fsp3) is 0.276. The Morgan fingerprint density at radius 3 is 2.57 bits per heavy atom. The number of benzene rings is 2. The SMILES string of the molecule is N#Cc1ccnc(N2C(=O)[C@@H](O)C[C@H]2C(=O)N(c2cccc(F)c2)C(C(=O)NC2CC(F)(F)C2)c2ccccc2Cl)c1. The molecule has 0 spiro atoms. The summed E-state index contributed by atoms with van der Waals surface area (Å²) >= 11 is 6.47. The Kier molecular flexibility index (Phi) is 7.90. The van der Waals surface area contributed by atoms with E-state index in [1.165, 1.54) is 42.6 Å². The number of anilines is 2. The molecule has 5 rings (SSSR count). The molecule has 3 amide bonds. The Bertz CT molecular complexity index is 1590. The van der Waals surface area contributed by atoms with Gasteiger partial charge in [0, 0.05) is 47.8 Å². The second kappa shape index (κ2) is 11.4. The summed E-state index contributed by atoms with van der Waals surface area (Å²) in [6, 6.07) is 11.5. The second-order valence-corrected chi connectivity index (χ2v) is 10.5. The third-order valence-electron chi connectivity index (χ3n) is 7.15. The lowest BCUT2D eigenvalue weighted by Crippen LogP contribution is -2.56. The van der Waals surface area contributed by atoms with Crippen molar-refractivity contribution >= 4 is 40.8 Å². The standard InChI is InChI=1S/C29H23ClF3N5O4/c30-21-7-2-1-6-20(21)25(26(40)36-18-13-29(32,33)14-18)37(19-5-3-4-17(31)11-19)27(41)22-12-23(39)28(42)38(22)24-10-16(15-34)8-9-35-24/h1-11,18,22-23,25,39H,12-14H2,(H,36,40)/t22-,23-,25?/m0/s1. The first-order valence-corrected chi connectivity index (χ1v) is 13.3. The van der Waals surface area contributed by atoms with Gasteiger partial charge in [-0.2, -0.15) is 5.26 Å². The van der Waals surface area contributed by atoms with Crippen molar-refractivity contribution in [2.75, 3.05) is 9.80 Å². The molecule has 0 radical (unpaired) electrons. The van der Waals surface area contributed by atoms with Crippen LogP contribution < -0.4 is 15.1 Å². The fourth-order valence-corrected chi connectivity index (χ4v) is 5.40. The number of nitriles is 1. The van der Waals surface area contributed by atoms with Crippen molar-refractivity contribution in [2.45, 2.75) is 49.4 Å². The van der Waals surface area contributed by atoms with Gasteiger partial charge >= 0.3 is 0 Å². The number of aliphatic hydroxyl groups excluding tert-OH is 1. The van der Waals surface area contributed by atoms with Crippen molar-refractivity contribution in [3.05, 3.63) is 88.8 Å². The number of carbonyl (C=O) groups excluding carboxylic acids is 3. The first-order valence-electron chi connectivity index (χ1n) is 12.9. The number of halogens is 4. The zero-order chi connectivity index (χ0) is 30.2. The zero-order valence-electron chi connectivity index (χ0n) is 21.8. The number of pyridine rings is 1. The maximum absolute atomic E-state index is 14.5. The average Bonchev–Trinajstić information content (AvgIpc) is 3.24. The van der Waals surface area contributed by atoms with Gasteiger partial charge in [-0.3, -0.25) is 24.2 Å². The summed E-state index contributed by atoms with van der Waals surface area (Å²) in [6.07, 6.45) is -1.97. The molecule has 13 heteroatoms. The molecular weight excluding hydrogens is 575 g/mol. The van der Waals surface area contributed by atoms with Crippen molar-refractivity contribution in [3.63, 3.8) is 0 Å². The van der Waals surface area contributed by atoms with Crippen LogP contribution in [0.4, 0.5) is 24.7 Å². The van der Waals surface area contributed by atoms with Crippen molar-refractivity contribution < 1.29 is 32.7 Å². The van der Waals surface area contributed by atoms with E-state index in [1.54, 1.807) is 12.1 Å². The highest BCUT2D eigenvalue weighted by atomic mass is 35.5. The molecule has 3 aromatic rings. The van der Waals surface area contributed by atoms with Gasteiger partial charge in [0.05, 0.1) is 11.6 Å². The minimum atomic E-state index is -2.94. The first kappa shape index (κ1) is 29.0. The highest BCUT2D eigenvalue weighted by Gasteiger charge is 2.50. The number of rotatable bonds is 7. The summed E-state index contributed by atoms with van der Waals surface area (Å²) in [5.74, 6) is -6.42. The molecule has 1 saturated heterocycles. The van der Waals surface area contributed by atoms with Crippen molar-refractivity contribution in [1.29, 1.82) is 5.26 Å². The van der Waals surface area contributed by atoms with E-state index in [2.05, 4.69) is 10.3 Å². The van der Waals surface area contributed by atoms with E-state index in [-0.39, 0.29) is 27.7 Å². The molecular formula is C29H23ClF3N5O4. The van der Waals surface area contributed by atoms with Crippen molar-refractivity contribution in [3.8, 4) is 6.07 Å². The molecule has 216 valence electrons. The summed E-state index contributed by atoms with van der Waals surface area (Å²) in [4.78, 5) is 47.3. The number of carbonyl (C=O) groups is 3. The number of hydrogen-bond donors (Lipinski definition) is 2. The van der Waals surface area contributed by atoms with E-state index in [4.69, 9.17) is 11.6 Å². The Balaban J connectivity index is 1.63. The number of hydrogen-bond acceptors (Lipinski definition) is 6. The number of nitrogens with zero attached hydrogens (tertiary/aromatic N) is 4. The smallest absolute Gasteiger partial charge is 0.257 e. The van der Waals surface area contributed by atoms with E-state index in [1.807, 2.05) is 6.07 Å². The Hall–Kier alpha value is -4.47. The van der Waals surface area contributed by atoms with Crippen LogP contribution in [-0.2, 0) is 14.4 Å². The van der Waals surface area contributed by atoms with Crippen LogP contribution in [0.25, 0.3) is 0 Å². The van der Waals surface area contributed by atoms with Crippen LogP contribution in [0.2, 0.25) is 5.02 Å². The van der Waals surface area contributed by atoms with Gasteiger partial charge in [-0.1, -0.05) is 35.9 Å². The summed E-state index contributed by atoms with van der Waals surface area (Å²) in [6.45, 7) is 0. The van der Waals surface area contributed by atoms with Crippen LogP contribution in [0.15, 0.2) is 66.9 Å². The van der Waals surface area contributed by atoms with E-state index < -0.39 is 73.0 Å². The summed E-state index contributed by atoms with van der Waals surface area (Å²) in [7, 11) is 0. The molecule has 1 saturated carbocycles. The normalized spacial score (nSPS) is 20.4. The molecule has 2 heterocycles.